The maximum atomic E-state index is 12.8. The fourth-order valence-corrected chi connectivity index (χ4v) is 4.55. The monoisotopic (exact) mass is 316 g/mol. The predicted octanol–water partition coefficient (Wildman–Crippen LogP) is 1.19. The van der Waals surface area contributed by atoms with E-state index in [1.54, 1.807) is 16.8 Å². The maximum absolute atomic E-state index is 12.8. The Morgan fingerprint density at radius 3 is 2.62 bits per heavy atom. The number of hydrogen-bond donors (Lipinski definition) is 1. The largest absolute Gasteiger partial charge is 0.390 e. The molecule has 0 aliphatic carbocycles. The molecule has 1 atom stereocenters. The van der Waals surface area contributed by atoms with Crippen molar-refractivity contribution in [2.75, 3.05) is 13.1 Å². The Bertz CT molecular complexity index is 585. The van der Waals surface area contributed by atoms with Crippen LogP contribution in [-0.2, 0) is 27.9 Å². The minimum absolute atomic E-state index is 0.144. The van der Waals surface area contributed by atoms with Crippen LogP contribution in [0.1, 0.15) is 33.4 Å². The van der Waals surface area contributed by atoms with Crippen molar-refractivity contribution in [1.29, 1.82) is 0 Å². The van der Waals surface area contributed by atoms with Crippen LogP contribution in [0, 0.1) is 0 Å². The Hall–Kier alpha value is -0.890. The van der Waals surface area contributed by atoms with Gasteiger partial charge in [-0.25, -0.2) is 8.42 Å². The van der Waals surface area contributed by atoms with Crippen LogP contribution in [0.15, 0.2) is 17.2 Å². The van der Waals surface area contributed by atoms with Crippen molar-refractivity contribution in [1.82, 2.24) is 8.87 Å². The first-order chi connectivity index (χ1) is 9.69. The first-order valence-corrected chi connectivity index (χ1v) is 8.61. The first-order valence-electron chi connectivity index (χ1n) is 7.17. The summed E-state index contributed by atoms with van der Waals surface area (Å²) in [5, 5.41) is 9.31. The van der Waals surface area contributed by atoms with Gasteiger partial charge in [0.15, 0.2) is 0 Å². The average Bonchev–Trinajstić information content (AvgIpc) is 2.80. The molecule has 6 nitrogen and oxygen atoms in total. The lowest BCUT2D eigenvalue weighted by Gasteiger charge is -2.40. The SMILES string of the molecule is CCn1cc(S(=O)(=O)N2CC(C)OC(C)(C)C2)cc1CO. The third-order valence-corrected chi connectivity index (χ3v) is 5.42. The number of ether oxygens (including phenoxy) is 1. The molecule has 1 aliphatic heterocycles. The fourth-order valence-electron chi connectivity index (χ4n) is 2.82. The minimum Gasteiger partial charge on any atom is -0.390 e. The highest BCUT2D eigenvalue weighted by Crippen LogP contribution is 2.27. The van der Waals surface area contributed by atoms with E-state index in [4.69, 9.17) is 4.74 Å². The van der Waals surface area contributed by atoms with Gasteiger partial charge in [-0.05, 0) is 33.8 Å². The van der Waals surface area contributed by atoms with Gasteiger partial charge in [0.25, 0.3) is 0 Å². The smallest absolute Gasteiger partial charge is 0.244 e. The third-order valence-electron chi connectivity index (χ3n) is 3.64. The molecule has 1 aromatic rings. The van der Waals surface area contributed by atoms with E-state index < -0.39 is 15.6 Å². The van der Waals surface area contributed by atoms with E-state index in [1.165, 1.54) is 4.31 Å². The van der Waals surface area contributed by atoms with Gasteiger partial charge in [-0.3, -0.25) is 0 Å². The number of rotatable bonds is 4. The summed E-state index contributed by atoms with van der Waals surface area (Å²) in [4.78, 5) is 0.235. The quantitative estimate of drug-likeness (QED) is 0.905. The van der Waals surface area contributed by atoms with Gasteiger partial charge in [-0.1, -0.05) is 0 Å². The molecule has 0 radical (unpaired) electrons. The van der Waals surface area contributed by atoms with Gasteiger partial charge in [0, 0.05) is 31.5 Å². The number of morpholine rings is 1. The molecule has 2 rings (SSSR count). The predicted molar refractivity (Wildman–Crippen MR) is 79.4 cm³/mol. The second-order valence-electron chi connectivity index (χ2n) is 6.10. The summed E-state index contributed by atoms with van der Waals surface area (Å²) in [6, 6.07) is 1.55. The zero-order valence-electron chi connectivity index (χ0n) is 13.0. The second-order valence-corrected chi connectivity index (χ2v) is 8.03. The molecule has 0 bridgehead atoms. The van der Waals surface area contributed by atoms with Crippen molar-refractivity contribution in [2.24, 2.45) is 0 Å². The van der Waals surface area contributed by atoms with E-state index in [-0.39, 0.29) is 17.6 Å². The molecule has 7 heteroatoms. The molecule has 1 aliphatic rings. The molecule has 120 valence electrons. The van der Waals surface area contributed by atoms with Crippen LogP contribution in [0.5, 0.6) is 0 Å². The van der Waals surface area contributed by atoms with Crippen LogP contribution in [0.2, 0.25) is 0 Å². The van der Waals surface area contributed by atoms with Gasteiger partial charge >= 0.3 is 0 Å². The van der Waals surface area contributed by atoms with Gasteiger partial charge in [-0.15, -0.1) is 0 Å². The van der Waals surface area contributed by atoms with Crippen molar-refractivity contribution in [2.45, 2.75) is 57.4 Å². The van der Waals surface area contributed by atoms with Crippen LogP contribution < -0.4 is 0 Å². The van der Waals surface area contributed by atoms with Crippen LogP contribution in [-0.4, -0.2) is 47.2 Å². The van der Waals surface area contributed by atoms with Gasteiger partial charge < -0.3 is 14.4 Å². The van der Waals surface area contributed by atoms with Gasteiger partial charge in [-0.2, -0.15) is 4.31 Å². The summed E-state index contributed by atoms with van der Waals surface area (Å²) in [6.45, 7) is 8.69. The Morgan fingerprint density at radius 1 is 1.48 bits per heavy atom. The van der Waals surface area contributed by atoms with Crippen LogP contribution in [0.25, 0.3) is 0 Å². The highest BCUT2D eigenvalue weighted by molar-refractivity contribution is 7.89. The molecule has 0 aromatic carbocycles. The molecule has 21 heavy (non-hydrogen) atoms. The number of hydrogen-bond acceptors (Lipinski definition) is 4. The normalized spacial score (nSPS) is 23.4. The fraction of sp³-hybridized carbons (Fsp3) is 0.714. The molecule has 1 unspecified atom stereocenters. The lowest BCUT2D eigenvalue weighted by Crippen LogP contribution is -2.53. The van der Waals surface area contributed by atoms with Crippen LogP contribution in [0.3, 0.4) is 0 Å². The maximum Gasteiger partial charge on any atom is 0.244 e. The van der Waals surface area contributed by atoms with Crippen LogP contribution >= 0.6 is 0 Å². The first kappa shape index (κ1) is 16.5. The van der Waals surface area contributed by atoms with E-state index >= 15 is 0 Å². The summed E-state index contributed by atoms with van der Waals surface area (Å²) in [6.07, 6.45) is 1.45. The van der Waals surface area contributed by atoms with E-state index in [0.29, 0.717) is 25.3 Å². The molecule has 1 aromatic heterocycles. The summed E-state index contributed by atoms with van der Waals surface area (Å²) >= 11 is 0. The Labute approximate surface area is 126 Å². The van der Waals surface area contributed by atoms with Crippen molar-refractivity contribution >= 4 is 10.0 Å². The van der Waals surface area contributed by atoms with Crippen molar-refractivity contribution in [3.63, 3.8) is 0 Å². The summed E-state index contributed by atoms with van der Waals surface area (Å²) in [5.41, 5.74) is 0.106. The number of aromatic nitrogens is 1. The average molecular weight is 316 g/mol. The molecular weight excluding hydrogens is 292 g/mol. The summed E-state index contributed by atoms with van der Waals surface area (Å²) < 4.78 is 34.6. The van der Waals surface area contributed by atoms with E-state index in [1.807, 2.05) is 27.7 Å². The number of aliphatic hydroxyl groups excluding tert-OH is 1. The zero-order valence-corrected chi connectivity index (χ0v) is 13.9. The Morgan fingerprint density at radius 2 is 2.14 bits per heavy atom. The van der Waals surface area contributed by atoms with Gasteiger partial charge in [0.1, 0.15) is 4.90 Å². The molecule has 0 amide bonds. The van der Waals surface area contributed by atoms with E-state index in [2.05, 4.69) is 0 Å². The van der Waals surface area contributed by atoms with E-state index in [0.717, 1.165) is 0 Å². The second kappa shape index (κ2) is 5.72. The number of aryl methyl sites for hydroxylation is 1. The molecule has 1 saturated heterocycles. The third kappa shape index (κ3) is 3.31. The number of aliphatic hydroxyl groups is 1. The molecule has 0 saturated carbocycles. The summed E-state index contributed by atoms with van der Waals surface area (Å²) in [5.74, 6) is 0. The Kier molecular flexibility index (Phi) is 4.49. The summed E-state index contributed by atoms with van der Waals surface area (Å²) in [7, 11) is -3.57. The molecule has 1 N–H and O–H groups in total. The van der Waals surface area contributed by atoms with Crippen molar-refractivity contribution in [3.8, 4) is 0 Å². The highest BCUT2D eigenvalue weighted by Gasteiger charge is 2.38. The Balaban J connectivity index is 2.35. The molecular formula is C14H24N2O4S. The molecule has 0 spiro atoms. The highest BCUT2D eigenvalue weighted by atomic mass is 32.2. The number of sulfonamides is 1. The van der Waals surface area contributed by atoms with Crippen LogP contribution in [0.4, 0.5) is 0 Å². The number of nitrogens with zero attached hydrogens (tertiary/aromatic N) is 2. The topological polar surface area (TPSA) is 71.8 Å². The molecule has 1 fully saturated rings. The standard InChI is InChI=1S/C14H24N2O4S/c1-5-15-8-13(6-12(15)9-17)21(18,19)16-7-11(2)20-14(3,4)10-16/h6,8,11,17H,5,7,9-10H2,1-4H3. The van der Waals surface area contributed by atoms with Gasteiger partial charge in [0.05, 0.1) is 18.3 Å². The minimum atomic E-state index is -3.57. The van der Waals surface area contributed by atoms with E-state index in [9.17, 15) is 13.5 Å². The lowest BCUT2D eigenvalue weighted by atomic mass is 10.1. The molecule has 2 heterocycles. The lowest BCUT2D eigenvalue weighted by molar-refractivity contribution is -0.109. The van der Waals surface area contributed by atoms with Crippen molar-refractivity contribution in [3.05, 3.63) is 18.0 Å². The van der Waals surface area contributed by atoms with Gasteiger partial charge in [0.2, 0.25) is 10.0 Å². The van der Waals surface area contributed by atoms with Crippen molar-refractivity contribution < 1.29 is 18.3 Å². The zero-order chi connectivity index (χ0) is 15.8.